The number of carboxylic acids is 1. The monoisotopic (exact) mass is 315 g/mol. The van der Waals surface area contributed by atoms with Crippen molar-refractivity contribution in [2.75, 3.05) is 12.4 Å². The summed E-state index contributed by atoms with van der Waals surface area (Å²) in [7, 11) is 1.54. The average molecular weight is 316 g/mol. The Morgan fingerprint density at radius 1 is 1.50 bits per heavy atom. The van der Waals surface area contributed by atoms with Crippen LogP contribution in [0.4, 0.5) is 5.69 Å². The summed E-state index contributed by atoms with van der Waals surface area (Å²) in [4.78, 5) is 22.6. The van der Waals surface area contributed by atoms with Crippen LogP contribution in [0, 0.1) is 5.92 Å². The van der Waals surface area contributed by atoms with Gasteiger partial charge in [0.15, 0.2) is 0 Å². The zero-order valence-electron chi connectivity index (χ0n) is 10.1. The van der Waals surface area contributed by atoms with Crippen LogP contribution in [0.3, 0.4) is 0 Å². The molecule has 1 amide bonds. The van der Waals surface area contributed by atoms with Gasteiger partial charge in [-0.15, -0.1) is 0 Å². The highest BCUT2D eigenvalue weighted by atomic mass is 79.9. The van der Waals surface area contributed by atoms with Crippen molar-refractivity contribution in [3.63, 3.8) is 0 Å². The van der Waals surface area contributed by atoms with E-state index >= 15 is 0 Å². The highest BCUT2D eigenvalue weighted by molar-refractivity contribution is 9.10. The van der Waals surface area contributed by atoms with E-state index in [1.54, 1.807) is 25.1 Å². The van der Waals surface area contributed by atoms with Crippen LogP contribution in [0.2, 0.25) is 0 Å². The molecule has 1 aromatic carbocycles. The Kier molecular flexibility index (Phi) is 5.15. The van der Waals surface area contributed by atoms with Crippen molar-refractivity contribution in [2.45, 2.75) is 13.3 Å². The number of carboxylic acid groups (broad SMARTS) is 1. The van der Waals surface area contributed by atoms with Gasteiger partial charge in [0.05, 0.1) is 11.6 Å². The lowest BCUT2D eigenvalue weighted by atomic mass is 10.1. The fraction of sp³-hybridized carbons (Fsp3) is 0.333. The van der Waals surface area contributed by atoms with Gasteiger partial charge in [0, 0.05) is 5.69 Å². The van der Waals surface area contributed by atoms with Crippen LogP contribution in [0.25, 0.3) is 0 Å². The molecule has 1 unspecified atom stereocenters. The summed E-state index contributed by atoms with van der Waals surface area (Å²) >= 11 is 3.29. The first-order valence-corrected chi connectivity index (χ1v) is 6.16. The van der Waals surface area contributed by atoms with Gasteiger partial charge < -0.3 is 15.2 Å². The Bertz CT molecular complexity index is 461. The number of rotatable bonds is 5. The largest absolute Gasteiger partial charge is 0.496 e. The van der Waals surface area contributed by atoms with E-state index in [1.807, 2.05) is 0 Å². The third-order valence-corrected chi connectivity index (χ3v) is 3.06. The molecule has 0 fully saturated rings. The molecule has 0 bridgehead atoms. The minimum absolute atomic E-state index is 0.249. The molecule has 0 heterocycles. The molecule has 0 saturated carbocycles. The molecule has 2 N–H and O–H groups in total. The van der Waals surface area contributed by atoms with Crippen LogP contribution < -0.4 is 10.1 Å². The molecule has 1 rings (SSSR count). The molecule has 0 spiro atoms. The molecule has 1 atom stereocenters. The third-order valence-electron chi connectivity index (χ3n) is 2.44. The number of carbonyl (C=O) groups is 2. The Labute approximate surface area is 113 Å². The van der Waals surface area contributed by atoms with Gasteiger partial charge >= 0.3 is 5.97 Å². The summed E-state index contributed by atoms with van der Waals surface area (Å²) in [5.74, 6) is -2.05. The van der Waals surface area contributed by atoms with E-state index in [0.29, 0.717) is 15.9 Å². The maximum absolute atomic E-state index is 11.7. The van der Waals surface area contributed by atoms with Crippen molar-refractivity contribution >= 4 is 33.5 Å². The predicted octanol–water partition coefficient (Wildman–Crippen LogP) is 2.51. The predicted molar refractivity (Wildman–Crippen MR) is 70.7 cm³/mol. The number of hydrogen-bond acceptors (Lipinski definition) is 3. The number of halogens is 1. The van der Waals surface area contributed by atoms with E-state index in [4.69, 9.17) is 9.84 Å². The second-order valence-corrected chi connectivity index (χ2v) is 4.49. The molecular formula is C12H14BrNO4. The zero-order chi connectivity index (χ0) is 13.7. The highest BCUT2D eigenvalue weighted by Gasteiger charge is 2.24. The number of aliphatic carboxylic acids is 1. The molecule has 18 heavy (non-hydrogen) atoms. The maximum atomic E-state index is 11.7. The molecule has 1 aromatic rings. The average Bonchev–Trinajstić information content (AvgIpc) is 2.29. The fourth-order valence-electron chi connectivity index (χ4n) is 1.45. The van der Waals surface area contributed by atoms with Gasteiger partial charge in [-0.25, -0.2) is 0 Å². The first-order chi connectivity index (χ1) is 8.49. The summed E-state index contributed by atoms with van der Waals surface area (Å²) in [6.07, 6.45) is 0.249. The minimum atomic E-state index is -1.12. The smallest absolute Gasteiger partial charge is 0.316 e. The van der Waals surface area contributed by atoms with Crippen molar-refractivity contribution in [2.24, 2.45) is 5.92 Å². The number of anilines is 1. The SMILES string of the molecule is CCC(C(=O)O)C(=O)Nc1ccc(OC)c(Br)c1. The maximum Gasteiger partial charge on any atom is 0.316 e. The van der Waals surface area contributed by atoms with Gasteiger partial charge in [0.25, 0.3) is 0 Å². The van der Waals surface area contributed by atoms with Gasteiger partial charge in [0.2, 0.25) is 5.91 Å². The molecule has 98 valence electrons. The second kappa shape index (κ2) is 6.39. The molecule has 0 aliphatic heterocycles. The zero-order valence-corrected chi connectivity index (χ0v) is 11.7. The Hall–Kier alpha value is -1.56. The molecular weight excluding hydrogens is 302 g/mol. The molecule has 5 nitrogen and oxygen atoms in total. The number of ether oxygens (including phenoxy) is 1. The molecule has 0 aliphatic rings. The van der Waals surface area contributed by atoms with Crippen molar-refractivity contribution in [1.82, 2.24) is 0 Å². The van der Waals surface area contributed by atoms with Crippen LogP contribution in [0.1, 0.15) is 13.3 Å². The lowest BCUT2D eigenvalue weighted by Crippen LogP contribution is -2.28. The highest BCUT2D eigenvalue weighted by Crippen LogP contribution is 2.27. The first kappa shape index (κ1) is 14.5. The van der Waals surface area contributed by atoms with E-state index in [-0.39, 0.29) is 6.42 Å². The summed E-state index contributed by atoms with van der Waals surface area (Å²) in [5, 5.41) is 11.4. The summed E-state index contributed by atoms with van der Waals surface area (Å²) in [6, 6.07) is 4.99. The van der Waals surface area contributed by atoms with Crippen molar-refractivity contribution in [1.29, 1.82) is 0 Å². The van der Waals surface area contributed by atoms with Crippen molar-refractivity contribution in [3.05, 3.63) is 22.7 Å². The molecule has 0 radical (unpaired) electrons. The Morgan fingerprint density at radius 2 is 2.17 bits per heavy atom. The van der Waals surface area contributed by atoms with Gasteiger partial charge in [-0.1, -0.05) is 6.92 Å². The normalized spacial score (nSPS) is 11.7. The Balaban J connectivity index is 2.82. The van der Waals surface area contributed by atoms with Crippen molar-refractivity contribution in [3.8, 4) is 5.75 Å². The van der Waals surface area contributed by atoms with Crippen molar-refractivity contribution < 1.29 is 19.4 Å². The van der Waals surface area contributed by atoms with E-state index < -0.39 is 17.8 Å². The van der Waals surface area contributed by atoms with Crippen LogP contribution in [0.5, 0.6) is 5.75 Å². The van der Waals surface area contributed by atoms with Gasteiger partial charge in [-0.05, 0) is 40.5 Å². The number of amides is 1. The number of methoxy groups -OCH3 is 1. The summed E-state index contributed by atoms with van der Waals surface area (Å²) in [5.41, 5.74) is 0.521. The molecule has 0 saturated heterocycles. The Morgan fingerprint density at radius 3 is 2.61 bits per heavy atom. The lowest BCUT2D eigenvalue weighted by Gasteiger charge is -2.11. The van der Waals surface area contributed by atoms with E-state index in [1.165, 1.54) is 7.11 Å². The van der Waals surface area contributed by atoms with Crippen LogP contribution >= 0.6 is 15.9 Å². The number of carbonyl (C=O) groups excluding carboxylic acids is 1. The number of hydrogen-bond donors (Lipinski definition) is 2. The molecule has 6 heteroatoms. The first-order valence-electron chi connectivity index (χ1n) is 5.36. The van der Waals surface area contributed by atoms with Gasteiger partial charge in [0.1, 0.15) is 11.7 Å². The van der Waals surface area contributed by atoms with Crippen LogP contribution in [-0.4, -0.2) is 24.1 Å². The van der Waals surface area contributed by atoms with E-state index in [2.05, 4.69) is 21.2 Å². The second-order valence-electron chi connectivity index (χ2n) is 3.64. The molecule has 0 aliphatic carbocycles. The van der Waals surface area contributed by atoms with E-state index in [9.17, 15) is 9.59 Å². The summed E-state index contributed by atoms with van der Waals surface area (Å²) in [6.45, 7) is 1.66. The van der Waals surface area contributed by atoms with Gasteiger partial charge in [-0.2, -0.15) is 0 Å². The fourth-order valence-corrected chi connectivity index (χ4v) is 1.99. The minimum Gasteiger partial charge on any atom is -0.496 e. The number of nitrogens with one attached hydrogen (secondary N) is 1. The van der Waals surface area contributed by atoms with Gasteiger partial charge in [-0.3, -0.25) is 9.59 Å². The lowest BCUT2D eigenvalue weighted by molar-refractivity contribution is -0.145. The quantitative estimate of drug-likeness (QED) is 0.819. The third kappa shape index (κ3) is 3.46. The van der Waals surface area contributed by atoms with E-state index in [0.717, 1.165) is 0 Å². The van der Waals surface area contributed by atoms with Crippen LogP contribution in [0.15, 0.2) is 22.7 Å². The van der Waals surface area contributed by atoms with Crippen LogP contribution in [-0.2, 0) is 9.59 Å². The molecule has 0 aromatic heterocycles. The standard InChI is InChI=1S/C12H14BrNO4/c1-3-8(12(16)17)11(15)14-7-4-5-10(18-2)9(13)6-7/h4-6,8H,3H2,1-2H3,(H,14,15)(H,16,17). The topological polar surface area (TPSA) is 75.6 Å². The number of benzene rings is 1. The summed E-state index contributed by atoms with van der Waals surface area (Å²) < 4.78 is 5.74.